The summed E-state index contributed by atoms with van der Waals surface area (Å²) in [5, 5.41) is 28.5. The van der Waals surface area contributed by atoms with E-state index in [1.165, 1.54) is 31.2 Å². The topological polar surface area (TPSA) is 94.8 Å². The van der Waals surface area contributed by atoms with Crippen LogP contribution in [0.15, 0.2) is 35.9 Å². The van der Waals surface area contributed by atoms with Gasteiger partial charge in [0.1, 0.15) is 11.2 Å². The van der Waals surface area contributed by atoms with Gasteiger partial charge < -0.3 is 15.3 Å². The van der Waals surface area contributed by atoms with Crippen LogP contribution in [0.2, 0.25) is 0 Å². The number of allylic oxidation sites excluding steroid dienone is 1. The first-order chi connectivity index (χ1) is 10.7. The zero-order valence-corrected chi connectivity index (χ0v) is 12.2. The normalized spacial score (nSPS) is 27.6. The summed E-state index contributed by atoms with van der Waals surface area (Å²) in [6, 6.07) is 5.13. The Bertz CT molecular complexity index is 670. The number of benzene rings is 1. The third-order valence-electron chi connectivity index (χ3n) is 4.48. The number of rotatable bonds is 4. The minimum atomic E-state index is -3.27. The Labute approximate surface area is 130 Å². The van der Waals surface area contributed by atoms with E-state index in [1.807, 2.05) is 0 Å². The molecule has 0 saturated heterocycles. The third kappa shape index (κ3) is 2.56. The highest BCUT2D eigenvalue weighted by molar-refractivity contribution is 5.92. The van der Waals surface area contributed by atoms with Crippen molar-refractivity contribution in [1.82, 2.24) is 0 Å². The van der Waals surface area contributed by atoms with Crippen LogP contribution in [-0.4, -0.2) is 33.7 Å². The zero-order valence-electron chi connectivity index (χ0n) is 12.2. The van der Waals surface area contributed by atoms with Crippen molar-refractivity contribution < 1.29 is 33.7 Å². The SMILES string of the molecule is CC1CC=C(C(=O)O)C(c2cccc(O)c2)C1(C(=O)O)C(F)F. The third-order valence-corrected chi connectivity index (χ3v) is 4.48. The lowest BCUT2D eigenvalue weighted by molar-refractivity contribution is -0.169. The molecule has 3 unspecified atom stereocenters. The van der Waals surface area contributed by atoms with E-state index in [1.54, 1.807) is 0 Å². The van der Waals surface area contributed by atoms with Gasteiger partial charge >= 0.3 is 11.9 Å². The number of alkyl halides is 2. The van der Waals surface area contributed by atoms with Gasteiger partial charge in [0.25, 0.3) is 6.43 Å². The molecule has 7 heteroatoms. The van der Waals surface area contributed by atoms with E-state index in [2.05, 4.69) is 0 Å². The summed E-state index contributed by atoms with van der Waals surface area (Å²) in [7, 11) is 0. The molecule has 1 aliphatic carbocycles. The van der Waals surface area contributed by atoms with E-state index in [0.717, 1.165) is 6.07 Å². The molecule has 1 aromatic rings. The Hall–Kier alpha value is -2.44. The summed E-state index contributed by atoms with van der Waals surface area (Å²) in [6.07, 6.45) is -2.07. The molecule has 0 bridgehead atoms. The fourth-order valence-electron chi connectivity index (χ4n) is 3.30. The number of phenolic OH excluding ortho intramolecular Hbond substituents is 1. The van der Waals surface area contributed by atoms with E-state index in [0.29, 0.717) is 0 Å². The summed E-state index contributed by atoms with van der Waals surface area (Å²) in [6.45, 7) is 1.37. The molecule has 0 fully saturated rings. The lowest BCUT2D eigenvalue weighted by Crippen LogP contribution is -2.51. The van der Waals surface area contributed by atoms with Gasteiger partial charge in [-0.05, 0) is 30.0 Å². The van der Waals surface area contributed by atoms with Crippen molar-refractivity contribution in [3.8, 4) is 5.75 Å². The molecule has 5 nitrogen and oxygen atoms in total. The monoisotopic (exact) mass is 326 g/mol. The predicted molar refractivity (Wildman–Crippen MR) is 76.4 cm³/mol. The quantitative estimate of drug-likeness (QED) is 0.791. The Kier molecular flexibility index (Phi) is 4.40. The van der Waals surface area contributed by atoms with Gasteiger partial charge in [0.05, 0.1) is 0 Å². The van der Waals surface area contributed by atoms with Gasteiger partial charge in [-0.3, -0.25) is 4.79 Å². The van der Waals surface area contributed by atoms with Gasteiger partial charge in [0, 0.05) is 11.5 Å². The Balaban J connectivity index is 2.78. The number of aliphatic carboxylic acids is 2. The van der Waals surface area contributed by atoms with E-state index in [4.69, 9.17) is 0 Å². The van der Waals surface area contributed by atoms with Crippen molar-refractivity contribution in [3.05, 3.63) is 41.5 Å². The summed E-state index contributed by atoms with van der Waals surface area (Å²) in [5.41, 5.74) is -2.93. The fraction of sp³-hybridized carbons (Fsp3) is 0.375. The lowest BCUT2D eigenvalue weighted by Gasteiger charge is -2.44. The van der Waals surface area contributed by atoms with Crippen molar-refractivity contribution in [3.63, 3.8) is 0 Å². The minimum Gasteiger partial charge on any atom is -0.508 e. The molecule has 0 amide bonds. The largest absolute Gasteiger partial charge is 0.508 e. The Morgan fingerprint density at radius 3 is 2.43 bits per heavy atom. The van der Waals surface area contributed by atoms with Crippen LogP contribution in [-0.2, 0) is 9.59 Å². The zero-order chi connectivity index (χ0) is 17.4. The predicted octanol–water partition coefficient (Wildman–Crippen LogP) is 2.86. The van der Waals surface area contributed by atoms with Crippen LogP contribution in [0, 0.1) is 11.3 Å². The maximum Gasteiger partial charge on any atom is 0.331 e. The molecule has 0 spiro atoms. The fourth-order valence-corrected chi connectivity index (χ4v) is 3.30. The lowest BCUT2D eigenvalue weighted by atomic mass is 9.58. The minimum absolute atomic E-state index is 0.0351. The van der Waals surface area contributed by atoms with Crippen LogP contribution in [0.5, 0.6) is 5.75 Å². The molecule has 23 heavy (non-hydrogen) atoms. The number of carboxylic acids is 2. The maximum atomic E-state index is 13.9. The molecule has 0 saturated carbocycles. The van der Waals surface area contributed by atoms with E-state index >= 15 is 0 Å². The van der Waals surface area contributed by atoms with Crippen molar-refractivity contribution >= 4 is 11.9 Å². The van der Waals surface area contributed by atoms with Crippen molar-refractivity contribution in [2.24, 2.45) is 11.3 Å². The molecular formula is C16H16F2O5. The second kappa shape index (κ2) is 5.98. The molecular weight excluding hydrogens is 310 g/mol. The van der Waals surface area contributed by atoms with Crippen LogP contribution in [0.4, 0.5) is 8.78 Å². The first-order valence-electron chi connectivity index (χ1n) is 6.96. The summed E-state index contributed by atoms with van der Waals surface area (Å²) < 4.78 is 27.8. The molecule has 0 aliphatic heterocycles. The Morgan fingerprint density at radius 1 is 1.30 bits per heavy atom. The molecule has 1 aliphatic rings. The van der Waals surface area contributed by atoms with Gasteiger partial charge in [-0.1, -0.05) is 25.1 Å². The van der Waals surface area contributed by atoms with Crippen LogP contribution < -0.4 is 0 Å². The first kappa shape index (κ1) is 16.9. The smallest absolute Gasteiger partial charge is 0.331 e. The molecule has 0 radical (unpaired) electrons. The second-order valence-electron chi connectivity index (χ2n) is 5.67. The van der Waals surface area contributed by atoms with Gasteiger partial charge in [-0.2, -0.15) is 0 Å². The van der Waals surface area contributed by atoms with Crippen LogP contribution >= 0.6 is 0 Å². The van der Waals surface area contributed by atoms with Crippen molar-refractivity contribution in [1.29, 1.82) is 0 Å². The average molecular weight is 326 g/mol. The highest BCUT2D eigenvalue weighted by Gasteiger charge is 2.61. The maximum absolute atomic E-state index is 13.9. The molecule has 0 aromatic heterocycles. The van der Waals surface area contributed by atoms with Crippen molar-refractivity contribution in [2.45, 2.75) is 25.7 Å². The molecule has 3 N–H and O–H groups in total. The van der Waals surface area contributed by atoms with E-state index in [-0.39, 0.29) is 17.7 Å². The van der Waals surface area contributed by atoms with Gasteiger partial charge in [-0.25, -0.2) is 13.6 Å². The molecule has 2 rings (SSSR count). The standard InChI is InChI=1S/C16H16F2O5/c1-8-5-6-11(13(20)21)12(9-3-2-4-10(19)7-9)16(8,14(17)18)15(22)23/h2-4,6-8,12,14,19H,5H2,1H3,(H,20,21)(H,22,23). The Morgan fingerprint density at radius 2 is 1.96 bits per heavy atom. The second-order valence-corrected chi connectivity index (χ2v) is 5.67. The number of halogens is 2. The van der Waals surface area contributed by atoms with Crippen LogP contribution in [0.3, 0.4) is 0 Å². The number of carbonyl (C=O) groups is 2. The molecule has 124 valence electrons. The van der Waals surface area contributed by atoms with Gasteiger partial charge in [0.15, 0.2) is 0 Å². The van der Waals surface area contributed by atoms with E-state index in [9.17, 15) is 33.7 Å². The molecule has 3 atom stereocenters. The number of hydrogen-bond donors (Lipinski definition) is 3. The summed E-state index contributed by atoms with van der Waals surface area (Å²) in [4.78, 5) is 23.3. The highest BCUT2D eigenvalue weighted by atomic mass is 19.3. The molecule has 0 heterocycles. The van der Waals surface area contributed by atoms with Crippen molar-refractivity contribution in [2.75, 3.05) is 0 Å². The molecule has 1 aromatic carbocycles. The van der Waals surface area contributed by atoms with Gasteiger partial charge in [-0.15, -0.1) is 0 Å². The summed E-state index contributed by atoms with van der Waals surface area (Å²) in [5.74, 6) is -5.99. The van der Waals surface area contributed by atoms with Crippen LogP contribution in [0.1, 0.15) is 24.8 Å². The number of aromatic hydroxyl groups is 1. The number of carboxylic acid groups (broad SMARTS) is 2. The number of hydrogen-bond acceptors (Lipinski definition) is 3. The highest BCUT2D eigenvalue weighted by Crippen LogP contribution is 2.55. The van der Waals surface area contributed by atoms with Crippen LogP contribution in [0.25, 0.3) is 0 Å². The summed E-state index contributed by atoms with van der Waals surface area (Å²) >= 11 is 0. The average Bonchev–Trinajstić information content (AvgIpc) is 2.45. The first-order valence-corrected chi connectivity index (χ1v) is 6.96. The number of phenols is 1. The van der Waals surface area contributed by atoms with Gasteiger partial charge in [0.2, 0.25) is 0 Å². The van der Waals surface area contributed by atoms with E-state index < -0.39 is 41.2 Å².